The number of carbonyl (C=O) groups is 3. The van der Waals surface area contributed by atoms with Crippen LogP contribution in [-0.4, -0.2) is 190 Å². The van der Waals surface area contributed by atoms with E-state index < -0.39 is 141 Å². The van der Waals surface area contributed by atoms with E-state index in [1.165, 1.54) is 25.7 Å². The van der Waals surface area contributed by atoms with E-state index in [4.69, 9.17) is 38.9 Å². The van der Waals surface area contributed by atoms with Crippen molar-refractivity contribution in [2.24, 2.45) is 23.7 Å². The number of Topliss-reactive ketones (excluding diaryl/α,β-unsaturated/α-hetero) is 1. The molecule has 5 heterocycles. The molecule has 1 aliphatic carbocycles. The fourth-order valence-electron chi connectivity index (χ4n) is 12.7. The second-order valence-corrected chi connectivity index (χ2v) is 24.4. The summed E-state index contributed by atoms with van der Waals surface area (Å²) < 4.78 is 76.1. The summed E-state index contributed by atoms with van der Waals surface area (Å²) in [5, 5.41) is 57.8. The van der Waals surface area contributed by atoms with E-state index in [0.717, 1.165) is 19.0 Å². The van der Waals surface area contributed by atoms with E-state index >= 15 is 8.78 Å². The number of nitrogens with zero attached hydrogens (tertiary/aromatic N) is 3. The minimum absolute atomic E-state index is 0.0134. The highest BCUT2D eigenvalue weighted by Crippen LogP contribution is 2.44. The standard InChI is InChI=1S/C38H69NO13.C19H22F2N4O3/c1-15-26-38(10,45)31(42)21(4)28(40)19(2)17-37(9,47-14)33(52-35-29(41)25(39(11)12)16-20(3)48-35)22(5)30(23(6)34(44)50-26)51-27-18-36(8,46-13)32(43)24(7)49-27;1-8-5-24(6-9(2)23-8)17-13(20)15(22)12-16(14(17)21)25(10-3-4-10)7-11(18(12)26)19(27)28/h19-27,29-33,35,41-43,45H,15-18H2,1-14H3;7-10,23H,3-6,22H2,1-2H3,(H,27,28)/t19-,20-,21+,22+,23-,24+,25+,26-,27+,29-,30+,31-,32+,33-,35+,36-,37-,38-;8-,9+/m1./s1. The summed E-state index contributed by atoms with van der Waals surface area (Å²) in [7, 11) is 6.77. The lowest BCUT2D eigenvalue weighted by molar-refractivity contribution is -0.319. The van der Waals surface area contributed by atoms with E-state index in [9.17, 15) is 44.7 Å². The normalized spacial score (nSPS) is 39.8. The highest BCUT2D eigenvalue weighted by atomic mass is 19.1. The monoisotopic (exact) mass is 1140 g/mol. The first-order valence-corrected chi connectivity index (χ1v) is 28.2. The lowest BCUT2D eigenvalue weighted by Crippen LogP contribution is -2.61. The van der Waals surface area contributed by atoms with Gasteiger partial charge in [-0.2, -0.15) is 0 Å². The number of ether oxygens (including phenoxy) is 7. The number of anilines is 2. The number of nitrogens with two attached hydrogens (primary N) is 1. The molecule has 80 heavy (non-hydrogen) atoms. The van der Waals surface area contributed by atoms with Crippen LogP contribution in [0.25, 0.3) is 10.9 Å². The molecular formula is C57H91F2N5O16. The summed E-state index contributed by atoms with van der Waals surface area (Å²) in [6, 6.07) is -0.387. The van der Waals surface area contributed by atoms with Crippen molar-refractivity contribution in [1.82, 2.24) is 14.8 Å². The Labute approximate surface area is 468 Å². The summed E-state index contributed by atoms with van der Waals surface area (Å²) in [5.41, 5.74) is -0.709. The molecule has 7 rings (SSSR count). The lowest BCUT2D eigenvalue weighted by atomic mass is 9.74. The van der Waals surface area contributed by atoms with Gasteiger partial charge in [0.15, 0.2) is 24.2 Å². The smallest absolute Gasteiger partial charge is 0.341 e. The molecule has 0 spiro atoms. The summed E-state index contributed by atoms with van der Waals surface area (Å²) in [5.74, 6) is -7.81. The van der Waals surface area contributed by atoms with E-state index in [0.29, 0.717) is 19.5 Å². The van der Waals surface area contributed by atoms with Crippen LogP contribution in [0.3, 0.4) is 0 Å². The Morgan fingerprint density at radius 3 is 2.01 bits per heavy atom. The minimum atomic E-state index is -1.96. The van der Waals surface area contributed by atoms with Gasteiger partial charge in [-0.05, 0) is 102 Å². The molecule has 20 atom stereocenters. The Balaban J connectivity index is 0.000000307. The summed E-state index contributed by atoms with van der Waals surface area (Å²) in [4.78, 5) is 55.8. The Bertz CT molecular complexity index is 2580. The number of halogens is 2. The molecule has 21 nitrogen and oxygen atoms in total. The molecule has 0 bridgehead atoms. The first-order valence-electron chi connectivity index (χ1n) is 28.2. The molecule has 5 fully saturated rings. The topological polar surface area (TPSA) is 284 Å². The number of carboxylic acids is 1. The summed E-state index contributed by atoms with van der Waals surface area (Å²) >= 11 is 0. The molecule has 4 aliphatic heterocycles. The van der Waals surface area contributed by atoms with Gasteiger partial charge in [-0.15, -0.1) is 0 Å². The van der Waals surface area contributed by atoms with Gasteiger partial charge < -0.3 is 84.1 Å². The van der Waals surface area contributed by atoms with E-state index in [1.54, 1.807) is 53.4 Å². The quantitative estimate of drug-likeness (QED) is 0.120. The van der Waals surface area contributed by atoms with Crippen LogP contribution < -0.4 is 21.4 Å². The third-order valence-corrected chi connectivity index (χ3v) is 17.7. The summed E-state index contributed by atoms with van der Waals surface area (Å²) in [6.45, 7) is 21.6. The number of cyclic esters (lactones) is 1. The number of methoxy groups -OCH3 is 2. The van der Waals surface area contributed by atoms with E-state index in [2.05, 4.69) is 5.32 Å². The SMILES string of the molecule is CC[C@H]1OC(=O)[C@H](C)[C@@H](O[C@H]2C[C@@](C)(OC)[C@@H](O)[C@H](C)O2)[C@H](C)[C@@H](O[C@@H]2O[C@H](C)C[C@H](N(C)C)[C@H]2O)[C@](C)(OC)C[C@@H](C)C(=O)[C@H](C)[C@@H](O)[C@]1(C)O.C[C@@H]1CN(c2c(F)c(N)c3c(=O)c(C(=O)O)cn(C4CC4)c3c2F)C[C@H](C)N1. The number of ketones is 1. The largest absolute Gasteiger partial charge is 0.477 e. The van der Waals surface area contributed by atoms with Crippen molar-refractivity contribution in [1.29, 1.82) is 0 Å². The first kappa shape index (κ1) is 65.2. The number of aromatic nitrogens is 1. The molecule has 0 unspecified atom stereocenters. The number of fused-ring (bicyclic) bond motifs is 1. The number of likely N-dealkylation sites (N-methyl/N-ethyl adjacent to an activating group) is 1. The number of esters is 1. The van der Waals surface area contributed by atoms with Crippen LogP contribution in [0.2, 0.25) is 0 Å². The number of hydrogen-bond donors (Lipinski definition) is 7. The van der Waals surface area contributed by atoms with Gasteiger partial charge in [0, 0.05) is 81.8 Å². The van der Waals surface area contributed by atoms with Crippen molar-refractivity contribution < 1.29 is 81.9 Å². The lowest BCUT2D eigenvalue weighted by Gasteiger charge is -2.50. The van der Waals surface area contributed by atoms with Crippen LogP contribution in [0, 0.1) is 35.3 Å². The zero-order chi connectivity index (χ0) is 60.0. The number of nitrogens with one attached hydrogen (secondary N) is 1. The van der Waals surface area contributed by atoms with E-state index in [1.807, 2.05) is 46.7 Å². The fraction of sp³-hybridized carbons (Fsp3) is 0.789. The van der Waals surface area contributed by atoms with Crippen LogP contribution in [0.1, 0.15) is 138 Å². The molecule has 23 heteroatoms. The second kappa shape index (κ2) is 25.5. The number of piperazine rings is 1. The van der Waals surface area contributed by atoms with Crippen LogP contribution in [-0.2, 0) is 42.7 Å². The number of pyridine rings is 1. The Morgan fingerprint density at radius 1 is 0.875 bits per heavy atom. The van der Waals surface area contributed by atoms with Gasteiger partial charge in [0.2, 0.25) is 5.43 Å². The number of aromatic carboxylic acids is 1. The molecule has 4 saturated heterocycles. The Morgan fingerprint density at radius 2 is 1.48 bits per heavy atom. The number of carbonyl (C=O) groups excluding carboxylic acids is 2. The van der Waals surface area contributed by atoms with Gasteiger partial charge in [-0.1, -0.05) is 27.7 Å². The molecular weight excluding hydrogens is 1050 g/mol. The number of benzene rings is 1. The maximum absolute atomic E-state index is 15.6. The number of carboxylic acid groups (broad SMARTS) is 1. The number of rotatable bonds is 11. The van der Waals surface area contributed by atoms with E-state index in [-0.39, 0.29) is 66.5 Å². The molecule has 2 aromatic rings. The molecule has 0 amide bonds. The highest BCUT2D eigenvalue weighted by molar-refractivity contribution is 6.00. The van der Waals surface area contributed by atoms with Gasteiger partial charge in [0.05, 0.1) is 64.2 Å². The molecule has 1 aromatic heterocycles. The third kappa shape index (κ3) is 13.2. The average molecular weight is 1140 g/mol. The molecule has 454 valence electrons. The van der Waals surface area contributed by atoms with Gasteiger partial charge in [-0.3, -0.25) is 14.4 Å². The van der Waals surface area contributed by atoms with Gasteiger partial charge in [-0.25, -0.2) is 13.6 Å². The molecule has 5 aliphatic rings. The van der Waals surface area contributed by atoms with Gasteiger partial charge in [0.1, 0.15) is 40.9 Å². The van der Waals surface area contributed by atoms with Crippen LogP contribution in [0.5, 0.6) is 0 Å². The second-order valence-electron chi connectivity index (χ2n) is 24.4. The fourth-order valence-corrected chi connectivity index (χ4v) is 12.7. The number of aliphatic hydroxyl groups is 4. The molecule has 8 N–H and O–H groups in total. The molecule has 1 aromatic carbocycles. The predicted molar refractivity (Wildman–Crippen MR) is 293 cm³/mol. The number of hydrogen-bond acceptors (Lipinski definition) is 19. The van der Waals surface area contributed by atoms with Crippen molar-refractivity contribution in [3.05, 3.63) is 33.6 Å². The zero-order valence-corrected chi connectivity index (χ0v) is 49.5. The van der Waals surface area contributed by atoms with Gasteiger partial charge >= 0.3 is 11.9 Å². The number of aliphatic hydroxyl groups excluding tert-OH is 3. The first-order chi connectivity index (χ1) is 37.2. The maximum atomic E-state index is 15.6. The van der Waals surface area contributed by atoms with Crippen LogP contribution >= 0.6 is 0 Å². The minimum Gasteiger partial charge on any atom is -0.477 e. The van der Waals surface area contributed by atoms with Gasteiger partial charge in [0.25, 0.3) is 0 Å². The average Bonchev–Trinajstić information content (AvgIpc) is 4.25. The van der Waals surface area contributed by atoms with Crippen LogP contribution in [0.4, 0.5) is 20.2 Å². The van der Waals surface area contributed by atoms with Crippen molar-refractivity contribution in [3.63, 3.8) is 0 Å². The Kier molecular flexibility index (Phi) is 20.8. The molecule has 1 saturated carbocycles. The van der Waals surface area contributed by atoms with Crippen molar-refractivity contribution in [2.45, 2.75) is 224 Å². The highest BCUT2D eigenvalue weighted by Gasteiger charge is 2.54. The van der Waals surface area contributed by atoms with Crippen molar-refractivity contribution in [2.75, 3.05) is 52.0 Å². The number of nitrogen functional groups attached to an aromatic ring is 1. The van der Waals surface area contributed by atoms with Crippen molar-refractivity contribution >= 4 is 40.0 Å². The Hall–Kier alpha value is -3.98. The predicted octanol–water partition coefficient (Wildman–Crippen LogP) is 4.52. The molecule has 0 radical (unpaired) electrons. The summed E-state index contributed by atoms with van der Waals surface area (Å²) in [6.07, 6.45) is -6.13. The maximum Gasteiger partial charge on any atom is 0.341 e. The van der Waals surface area contributed by atoms with Crippen molar-refractivity contribution in [3.8, 4) is 0 Å². The van der Waals surface area contributed by atoms with Crippen LogP contribution in [0.15, 0.2) is 11.0 Å². The zero-order valence-electron chi connectivity index (χ0n) is 49.5. The third-order valence-electron chi connectivity index (χ3n) is 17.7.